The Morgan fingerprint density at radius 3 is 2.60 bits per heavy atom. The zero-order valence-corrected chi connectivity index (χ0v) is 7.24. The fourth-order valence-corrected chi connectivity index (χ4v) is 1.84. The predicted molar refractivity (Wildman–Crippen MR) is 30.0 cm³/mol. The molecule has 0 aliphatic rings. The van der Waals surface area contributed by atoms with E-state index in [4.69, 9.17) is 4.12 Å². The highest BCUT2D eigenvalue weighted by atomic mass is 28.3. The minimum Gasteiger partial charge on any atom is -0.468 e. The van der Waals surface area contributed by atoms with Crippen LogP contribution >= 0.6 is 0 Å². The molecule has 0 fully saturated rings. The molecule has 0 aliphatic heterocycles. The Morgan fingerprint density at radius 1 is 2.00 bits per heavy atom. The molecular weight excluding hydrogens is 96.2 g/mol. The summed E-state index contributed by atoms with van der Waals surface area (Å²) in [5, 5.41) is 0. The van der Waals surface area contributed by atoms with Crippen LogP contribution in [0.15, 0.2) is 0 Å². The molecule has 0 saturated carbocycles. The van der Waals surface area contributed by atoms with Gasteiger partial charge in [0.1, 0.15) is 20.2 Å². The van der Waals surface area contributed by atoms with Crippen LogP contribution in [0, 0.1) is 0 Å². The smallest absolute Gasteiger partial charge is 0.145 e. The summed E-state index contributed by atoms with van der Waals surface area (Å²) in [6.45, 7) is 2.17. The number of rotatable bonds is 2. The van der Waals surface area contributed by atoms with Gasteiger partial charge in [0, 0.05) is 0 Å². The Labute approximate surface area is 38.2 Å². The molecule has 0 N–H and O–H groups in total. The van der Waals surface area contributed by atoms with Crippen molar-refractivity contribution in [2.75, 3.05) is 0 Å². The Morgan fingerprint density at radius 2 is 2.60 bits per heavy atom. The van der Waals surface area contributed by atoms with Crippen LogP contribution in [-0.4, -0.2) is 20.2 Å². The van der Waals surface area contributed by atoms with Gasteiger partial charge < -0.3 is 4.12 Å². The molecule has 3 heteroatoms. The van der Waals surface area contributed by atoms with E-state index in [1.54, 1.807) is 0 Å². The van der Waals surface area contributed by atoms with Crippen molar-refractivity contribution in [2.24, 2.45) is 0 Å². The normalized spacial score (nSPS) is 11.4. The van der Waals surface area contributed by atoms with Gasteiger partial charge in [-0.1, -0.05) is 6.92 Å². The molecule has 0 bridgehead atoms. The van der Waals surface area contributed by atoms with Crippen LogP contribution in [-0.2, 0) is 4.12 Å². The van der Waals surface area contributed by atoms with Crippen molar-refractivity contribution < 1.29 is 4.12 Å². The first kappa shape index (κ1) is 5.39. The molecule has 0 aromatic rings. The third-order valence-corrected chi connectivity index (χ3v) is 2.45. The lowest BCUT2D eigenvalue weighted by Crippen LogP contribution is -1.88. The molecule has 0 amide bonds. The van der Waals surface area contributed by atoms with Crippen molar-refractivity contribution >= 4 is 20.2 Å². The van der Waals surface area contributed by atoms with E-state index in [1.807, 2.05) is 0 Å². The molecule has 0 heterocycles. The van der Waals surface area contributed by atoms with Gasteiger partial charge in [-0.25, -0.2) is 0 Å². The maximum Gasteiger partial charge on any atom is 0.145 e. The van der Waals surface area contributed by atoms with Gasteiger partial charge in [-0.2, -0.15) is 0 Å². The predicted octanol–water partition coefficient (Wildman–Crippen LogP) is -1.19. The second kappa shape index (κ2) is 4.39. The first-order valence-electron chi connectivity index (χ1n) is 1.90. The van der Waals surface area contributed by atoms with E-state index in [9.17, 15) is 0 Å². The minimum atomic E-state index is -0.00617. The zero-order valence-electron chi connectivity index (χ0n) is 3.82. The maximum absolute atomic E-state index is 4.97. The third-order valence-electron chi connectivity index (χ3n) is 0.408. The van der Waals surface area contributed by atoms with E-state index in [-0.39, 0.29) is 9.76 Å². The van der Waals surface area contributed by atoms with Gasteiger partial charge in [0.05, 0.1) is 0 Å². The molecular formula is C2H10OSi2. The van der Waals surface area contributed by atoms with Gasteiger partial charge in [0.25, 0.3) is 0 Å². The van der Waals surface area contributed by atoms with Crippen molar-refractivity contribution in [3.8, 4) is 0 Å². The lowest BCUT2D eigenvalue weighted by Gasteiger charge is -1.83. The summed E-state index contributed by atoms with van der Waals surface area (Å²) in [6.07, 6.45) is 0. The molecule has 0 radical (unpaired) electrons. The SMILES string of the molecule is CC[SiH2]O[SiH3]. The quantitative estimate of drug-likeness (QED) is 0.402. The van der Waals surface area contributed by atoms with Crippen molar-refractivity contribution in [1.29, 1.82) is 0 Å². The van der Waals surface area contributed by atoms with Crippen LogP contribution in [0.3, 0.4) is 0 Å². The van der Waals surface area contributed by atoms with E-state index >= 15 is 0 Å². The van der Waals surface area contributed by atoms with Gasteiger partial charge in [-0.15, -0.1) is 0 Å². The molecule has 0 spiro atoms. The lowest BCUT2D eigenvalue weighted by atomic mass is 11.0. The summed E-state index contributed by atoms with van der Waals surface area (Å²) in [6, 6.07) is 1.30. The molecule has 0 aromatic carbocycles. The minimum absolute atomic E-state index is 0.00617. The zero-order chi connectivity index (χ0) is 4.12. The van der Waals surface area contributed by atoms with Crippen molar-refractivity contribution in [1.82, 2.24) is 0 Å². The number of hydrogen-bond acceptors (Lipinski definition) is 1. The Balaban J connectivity index is 2.19. The monoisotopic (exact) mass is 106 g/mol. The Bertz CT molecular complexity index is 15.1. The van der Waals surface area contributed by atoms with Crippen LogP contribution in [0.5, 0.6) is 0 Å². The molecule has 0 unspecified atom stereocenters. The maximum atomic E-state index is 4.97. The second-order valence-electron chi connectivity index (χ2n) is 0.993. The Kier molecular flexibility index (Phi) is 4.74. The summed E-state index contributed by atoms with van der Waals surface area (Å²) >= 11 is 0. The molecule has 0 rings (SSSR count). The van der Waals surface area contributed by atoms with Crippen LogP contribution in [0.25, 0.3) is 0 Å². The summed E-state index contributed by atoms with van der Waals surface area (Å²) in [5.41, 5.74) is 0. The van der Waals surface area contributed by atoms with E-state index in [0.717, 1.165) is 10.5 Å². The highest BCUT2D eigenvalue weighted by molar-refractivity contribution is 6.33. The van der Waals surface area contributed by atoms with Crippen LogP contribution in [0.1, 0.15) is 6.92 Å². The molecule has 0 aliphatic carbocycles. The molecule has 1 nitrogen and oxygen atoms in total. The average Bonchev–Trinajstić information content (AvgIpc) is 1.41. The molecule has 32 valence electrons. The van der Waals surface area contributed by atoms with Gasteiger partial charge in [0.15, 0.2) is 0 Å². The molecule has 0 atom stereocenters. The average molecular weight is 106 g/mol. The summed E-state index contributed by atoms with van der Waals surface area (Å²) in [7, 11) is 0.954. The van der Waals surface area contributed by atoms with E-state index < -0.39 is 0 Å². The number of hydrogen-bond donors (Lipinski definition) is 0. The standard InChI is InChI=1S/C2H10OSi2/c1-2-5-3-4/h2,5H2,1,4H3. The Hall–Kier alpha value is 0.394. The van der Waals surface area contributed by atoms with E-state index in [2.05, 4.69) is 6.92 Å². The summed E-state index contributed by atoms with van der Waals surface area (Å²) in [5.74, 6) is 0. The van der Waals surface area contributed by atoms with Gasteiger partial charge in [0.2, 0.25) is 0 Å². The van der Waals surface area contributed by atoms with Crippen LogP contribution in [0.4, 0.5) is 0 Å². The van der Waals surface area contributed by atoms with Crippen LogP contribution in [0.2, 0.25) is 6.04 Å². The second-order valence-corrected chi connectivity index (χ2v) is 4.71. The fourth-order valence-electron chi connectivity index (χ4n) is 0.204. The van der Waals surface area contributed by atoms with Crippen molar-refractivity contribution in [3.05, 3.63) is 0 Å². The van der Waals surface area contributed by atoms with Gasteiger partial charge in [-0.3, -0.25) is 0 Å². The highest BCUT2D eigenvalue weighted by Crippen LogP contribution is 1.67. The summed E-state index contributed by atoms with van der Waals surface area (Å²) < 4.78 is 4.97. The van der Waals surface area contributed by atoms with Gasteiger partial charge >= 0.3 is 0 Å². The molecule has 5 heavy (non-hydrogen) atoms. The summed E-state index contributed by atoms with van der Waals surface area (Å²) in [4.78, 5) is 0. The first-order chi connectivity index (χ1) is 2.41. The first-order valence-corrected chi connectivity index (χ1v) is 4.30. The highest BCUT2D eigenvalue weighted by Gasteiger charge is 1.68. The lowest BCUT2D eigenvalue weighted by molar-refractivity contribution is 0.663. The topological polar surface area (TPSA) is 9.23 Å². The molecule has 0 saturated heterocycles. The van der Waals surface area contributed by atoms with Crippen LogP contribution < -0.4 is 0 Å². The van der Waals surface area contributed by atoms with Crippen molar-refractivity contribution in [2.45, 2.75) is 13.0 Å². The third kappa shape index (κ3) is 4.39. The van der Waals surface area contributed by atoms with E-state index in [0.29, 0.717) is 0 Å². The molecule has 0 aromatic heterocycles. The van der Waals surface area contributed by atoms with Crippen molar-refractivity contribution in [3.63, 3.8) is 0 Å². The van der Waals surface area contributed by atoms with E-state index in [1.165, 1.54) is 6.04 Å². The fraction of sp³-hybridized carbons (Fsp3) is 1.00. The largest absolute Gasteiger partial charge is 0.468 e. The van der Waals surface area contributed by atoms with Gasteiger partial charge in [-0.05, 0) is 6.04 Å².